The fourth-order valence-electron chi connectivity index (χ4n) is 2.09. The zero-order valence-corrected chi connectivity index (χ0v) is 11.4. The summed E-state index contributed by atoms with van der Waals surface area (Å²) < 4.78 is 0. The molecule has 3 nitrogen and oxygen atoms in total. The first-order valence-corrected chi connectivity index (χ1v) is 6.70. The van der Waals surface area contributed by atoms with Crippen LogP contribution in [0.25, 0.3) is 10.9 Å². The second-order valence-electron chi connectivity index (χ2n) is 4.57. The van der Waals surface area contributed by atoms with Gasteiger partial charge in [0.05, 0.1) is 0 Å². The van der Waals surface area contributed by atoms with Gasteiger partial charge in [-0.25, -0.2) is 0 Å². The van der Waals surface area contributed by atoms with Crippen molar-refractivity contribution in [3.8, 4) is 0 Å². The number of halogens is 1. The summed E-state index contributed by atoms with van der Waals surface area (Å²) >= 11 is 5.84. The fraction of sp³-hybridized carbons (Fsp3) is 0.0625. The van der Waals surface area contributed by atoms with Crippen LogP contribution in [0, 0.1) is 0 Å². The molecular weight excluding hydrogens is 272 g/mol. The number of hydrogen-bond acceptors (Lipinski definition) is 2. The van der Waals surface area contributed by atoms with Crippen LogP contribution in [0.15, 0.2) is 59.4 Å². The fourth-order valence-corrected chi connectivity index (χ4v) is 2.21. The van der Waals surface area contributed by atoms with E-state index >= 15 is 0 Å². The molecule has 2 N–H and O–H groups in total. The van der Waals surface area contributed by atoms with Crippen molar-refractivity contribution in [1.29, 1.82) is 0 Å². The summed E-state index contributed by atoms with van der Waals surface area (Å²) in [5, 5.41) is 4.94. The minimum atomic E-state index is -0.0647. The summed E-state index contributed by atoms with van der Waals surface area (Å²) in [5.41, 5.74) is 2.43. The molecule has 0 spiro atoms. The first-order chi connectivity index (χ1) is 9.72. The van der Waals surface area contributed by atoms with E-state index in [0.717, 1.165) is 16.6 Å². The molecule has 100 valence electrons. The van der Waals surface area contributed by atoms with Crippen molar-refractivity contribution in [1.82, 2.24) is 4.98 Å². The van der Waals surface area contributed by atoms with Crippen LogP contribution < -0.4 is 10.9 Å². The van der Waals surface area contributed by atoms with Crippen molar-refractivity contribution >= 4 is 28.2 Å². The maximum atomic E-state index is 12.0. The van der Waals surface area contributed by atoms with Gasteiger partial charge in [0.1, 0.15) is 0 Å². The van der Waals surface area contributed by atoms with Crippen LogP contribution >= 0.6 is 11.6 Å². The molecule has 0 saturated carbocycles. The number of anilines is 1. The monoisotopic (exact) mass is 284 g/mol. The van der Waals surface area contributed by atoms with Crippen molar-refractivity contribution in [2.45, 2.75) is 6.54 Å². The molecule has 4 heteroatoms. The molecule has 0 saturated heterocycles. The van der Waals surface area contributed by atoms with Gasteiger partial charge in [0.2, 0.25) is 0 Å². The average Bonchev–Trinajstić information content (AvgIpc) is 2.47. The van der Waals surface area contributed by atoms with Gasteiger partial charge in [-0.05, 0) is 41.8 Å². The Hall–Kier alpha value is -2.26. The Morgan fingerprint density at radius 3 is 2.60 bits per heavy atom. The van der Waals surface area contributed by atoms with Gasteiger partial charge in [0.15, 0.2) is 0 Å². The van der Waals surface area contributed by atoms with E-state index in [-0.39, 0.29) is 5.56 Å². The van der Waals surface area contributed by atoms with E-state index in [1.54, 1.807) is 0 Å². The molecule has 0 unspecified atom stereocenters. The highest BCUT2D eigenvalue weighted by Gasteiger charge is 2.02. The lowest BCUT2D eigenvalue weighted by atomic mass is 10.1. The second-order valence-corrected chi connectivity index (χ2v) is 5.01. The Morgan fingerprint density at radius 2 is 1.80 bits per heavy atom. The smallest absolute Gasteiger partial charge is 0.253 e. The number of fused-ring (bicyclic) bond motifs is 1. The Morgan fingerprint density at radius 1 is 1.05 bits per heavy atom. The van der Waals surface area contributed by atoms with Gasteiger partial charge in [-0.15, -0.1) is 0 Å². The van der Waals surface area contributed by atoms with Gasteiger partial charge in [-0.3, -0.25) is 4.79 Å². The Balaban J connectivity index is 1.85. The van der Waals surface area contributed by atoms with Crippen LogP contribution in [0.1, 0.15) is 5.56 Å². The van der Waals surface area contributed by atoms with E-state index in [4.69, 9.17) is 11.6 Å². The quantitative estimate of drug-likeness (QED) is 0.768. The van der Waals surface area contributed by atoms with Crippen molar-refractivity contribution in [3.05, 3.63) is 75.5 Å². The maximum Gasteiger partial charge on any atom is 0.253 e. The number of aromatic amines is 1. The molecule has 0 radical (unpaired) electrons. The molecule has 1 aromatic heterocycles. The first-order valence-electron chi connectivity index (χ1n) is 6.33. The van der Waals surface area contributed by atoms with Crippen LogP contribution in [-0.2, 0) is 6.54 Å². The molecular formula is C16H13ClN2O. The number of rotatable bonds is 3. The van der Waals surface area contributed by atoms with Crippen LogP contribution in [0.3, 0.4) is 0 Å². The lowest BCUT2D eigenvalue weighted by Gasteiger charge is -2.07. The largest absolute Gasteiger partial charge is 0.381 e. The molecule has 2 aromatic carbocycles. The Kier molecular flexibility index (Phi) is 3.44. The lowest BCUT2D eigenvalue weighted by molar-refractivity contribution is 1.09. The van der Waals surface area contributed by atoms with E-state index in [0.29, 0.717) is 17.1 Å². The van der Waals surface area contributed by atoms with Crippen molar-refractivity contribution < 1.29 is 0 Å². The standard InChI is InChI=1S/C16H13ClN2O/c17-13-5-7-14(8-6-13)18-10-12-9-11-3-1-2-4-15(11)19-16(12)20/h1-9,18H,10H2,(H,19,20). The molecule has 0 atom stereocenters. The number of pyridine rings is 1. The first kappa shape index (κ1) is 12.8. The van der Waals surface area contributed by atoms with Gasteiger partial charge in [0.25, 0.3) is 5.56 Å². The van der Waals surface area contributed by atoms with Gasteiger partial charge in [-0.2, -0.15) is 0 Å². The number of aromatic nitrogens is 1. The number of hydrogen-bond donors (Lipinski definition) is 2. The number of para-hydroxylation sites is 1. The molecule has 1 heterocycles. The zero-order chi connectivity index (χ0) is 13.9. The number of nitrogens with one attached hydrogen (secondary N) is 2. The van der Waals surface area contributed by atoms with Crippen LogP contribution in [0.4, 0.5) is 5.69 Å². The van der Waals surface area contributed by atoms with Crippen LogP contribution in [0.5, 0.6) is 0 Å². The van der Waals surface area contributed by atoms with E-state index in [1.165, 1.54) is 0 Å². The molecule has 0 amide bonds. The van der Waals surface area contributed by atoms with E-state index < -0.39 is 0 Å². The zero-order valence-electron chi connectivity index (χ0n) is 10.7. The van der Waals surface area contributed by atoms with Crippen LogP contribution in [0.2, 0.25) is 5.02 Å². The molecule has 0 fully saturated rings. The van der Waals surface area contributed by atoms with Crippen molar-refractivity contribution in [2.75, 3.05) is 5.32 Å². The van der Waals surface area contributed by atoms with Crippen LogP contribution in [-0.4, -0.2) is 4.98 Å². The highest BCUT2D eigenvalue weighted by Crippen LogP contribution is 2.15. The molecule has 20 heavy (non-hydrogen) atoms. The van der Waals surface area contributed by atoms with Crippen molar-refractivity contribution in [2.24, 2.45) is 0 Å². The molecule has 0 aliphatic rings. The predicted octanol–water partition coefficient (Wildman–Crippen LogP) is 3.79. The van der Waals surface area contributed by atoms with Gasteiger partial charge in [-0.1, -0.05) is 29.8 Å². The minimum Gasteiger partial charge on any atom is -0.381 e. The number of benzene rings is 2. The summed E-state index contributed by atoms with van der Waals surface area (Å²) in [6, 6.07) is 17.1. The number of H-pyrrole nitrogens is 1. The molecule has 0 aliphatic heterocycles. The summed E-state index contributed by atoms with van der Waals surface area (Å²) in [6.45, 7) is 0.474. The SMILES string of the molecule is O=c1[nH]c2ccccc2cc1CNc1ccc(Cl)cc1. The minimum absolute atomic E-state index is 0.0647. The molecule has 3 aromatic rings. The highest BCUT2D eigenvalue weighted by atomic mass is 35.5. The normalized spacial score (nSPS) is 10.7. The Labute approximate surface area is 121 Å². The summed E-state index contributed by atoms with van der Waals surface area (Å²) in [6.07, 6.45) is 0. The Bertz CT molecular complexity index is 793. The molecule has 0 aliphatic carbocycles. The second kappa shape index (κ2) is 5.39. The average molecular weight is 285 g/mol. The lowest BCUT2D eigenvalue weighted by Crippen LogP contribution is -2.15. The van der Waals surface area contributed by atoms with Gasteiger partial charge >= 0.3 is 0 Å². The molecule has 0 bridgehead atoms. The third-order valence-corrected chi connectivity index (χ3v) is 3.41. The topological polar surface area (TPSA) is 44.9 Å². The third kappa shape index (κ3) is 2.68. The van der Waals surface area contributed by atoms with E-state index in [2.05, 4.69) is 10.3 Å². The highest BCUT2D eigenvalue weighted by molar-refractivity contribution is 6.30. The summed E-state index contributed by atoms with van der Waals surface area (Å²) in [4.78, 5) is 14.9. The third-order valence-electron chi connectivity index (χ3n) is 3.16. The van der Waals surface area contributed by atoms with Crippen molar-refractivity contribution in [3.63, 3.8) is 0 Å². The molecule has 3 rings (SSSR count). The van der Waals surface area contributed by atoms with Gasteiger partial charge < -0.3 is 10.3 Å². The van der Waals surface area contributed by atoms with E-state index in [9.17, 15) is 4.79 Å². The van der Waals surface area contributed by atoms with E-state index in [1.807, 2.05) is 54.6 Å². The predicted molar refractivity (Wildman–Crippen MR) is 83.3 cm³/mol. The van der Waals surface area contributed by atoms with Gasteiger partial charge in [0, 0.05) is 28.3 Å². The maximum absolute atomic E-state index is 12.0. The summed E-state index contributed by atoms with van der Waals surface area (Å²) in [5.74, 6) is 0. The summed E-state index contributed by atoms with van der Waals surface area (Å²) in [7, 11) is 0.